The molecule has 0 aliphatic carbocycles. The van der Waals surface area contributed by atoms with Gasteiger partial charge in [-0.2, -0.15) is 9.90 Å². The number of amides is 1. The normalized spacial score (nSPS) is 10.5. The lowest BCUT2D eigenvalue weighted by Gasteiger charge is -2.14. The third-order valence-electron chi connectivity index (χ3n) is 3.00. The molecule has 0 atom stereocenters. The Balaban J connectivity index is 2.02. The number of carbonyl (C=O) groups is 2. The van der Waals surface area contributed by atoms with Crippen molar-refractivity contribution in [2.24, 2.45) is 0 Å². The Bertz CT molecular complexity index is 669. The molecule has 0 spiro atoms. The summed E-state index contributed by atoms with van der Waals surface area (Å²) in [6.45, 7) is 0.314. The number of carbonyl (C=O) groups excluding carboxylic acids is 1. The number of hydrogen-bond acceptors (Lipinski definition) is 4. The first kappa shape index (κ1) is 15.6. The number of aromatic nitrogens is 3. The Labute approximate surface area is 126 Å². The van der Waals surface area contributed by atoms with Gasteiger partial charge in [0.05, 0.1) is 11.9 Å². The van der Waals surface area contributed by atoms with E-state index in [2.05, 4.69) is 10.2 Å². The van der Waals surface area contributed by atoms with Crippen molar-refractivity contribution >= 4 is 11.9 Å². The second kappa shape index (κ2) is 6.79. The van der Waals surface area contributed by atoms with Crippen LogP contribution < -0.4 is 0 Å². The van der Waals surface area contributed by atoms with E-state index >= 15 is 0 Å². The summed E-state index contributed by atoms with van der Waals surface area (Å²) in [7, 11) is 1.57. The predicted octanol–water partition coefficient (Wildman–Crippen LogP) is 1.34. The zero-order chi connectivity index (χ0) is 16.1. The van der Waals surface area contributed by atoms with E-state index in [1.165, 1.54) is 40.2 Å². The first-order chi connectivity index (χ1) is 10.5. The molecule has 1 heterocycles. The molecule has 1 aromatic carbocycles. The Kier molecular flexibility index (Phi) is 4.82. The van der Waals surface area contributed by atoms with E-state index in [1.54, 1.807) is 7.05 Å². The van der Waals surface area contributed by atoms with E-state index in [-0.39, 0.29) is 23.8 Å². The van der Waals surface area contributed by atoms with Crippen LogP contribution in [0.25, 0.3) is 5.69 Å². The first-order valence-electron chi connectivity index (χ1n) is 6.63. The monoisotopic (exact) mass is 306 g/mol. The molecule has 0 saturated carbocycles. The molecule has 0 unspecified atom stereocenters. The van der Waals surface area contributed by atoms with Crippen LogP contribution in [0.5, 0.6) is 0 Å². The maximum atomic E-state index is 12.9. The second-order valence-corrected chi connectivity index (χ2v) is 4.72. The van der Waals surface area contributed by atoms with Gasteiger partial charge in [0, 0.05) is 20.0 Å². The highest BCUT2D eigenvalue weighted by Crippen LogP contribution is 2.08. The minimum Gasteiger partial charge on any atom is -0.481 e. The zero-order valence-electron chi connectivity index (χ0n) is 11.9. The average molecular weight is 306 g/mol. The standard InChI is InChI=1S/C14H15FN4O3/c1-18(8-2-3-13(20)21)14(22)12-9-16-19(17-12)11-6-4-10(15)5-7-11/h4-7,9H,2-3,8H2,1H3,(H,20,21). The van der Waals surface area contributed by atoms with Crippen molar-refractivity contribution in [1.29, 1.82) is 0 Å². The fourth-order valence-corrected chi connectivity index (χ4v) is 1.82. The Morgan fingerprint density at radius 3 is 2.64 bits per heavy atom. The number of rotatable bonds is 6. The van der Waals surface area contributed by atoms with E-state index in [4.69, 9.17) is 5.11 Å². The van der Waals surface area contributed by atoms with Crippen LogP contribution in [0.3, 0.4) is 0 Å². The molecule has 2 aromatic rings. The highest BCUT2D eigenvalue weighted by molar-refractivity contribution is 5.91. The summed E-state index contributed by atoms with van der Waals surface area (Å²) < 4.78 is 12.9. The van der Waals surface area contributed by atoms with Gasteiger partial charge in [0.1, 0.15) is 5.82 Å². The van der Waals surface area contributed by atoms with Gasteiger partial charge >= 0.3 is 5.97 Å². The predicted molar refractivity (Wildman–Crippen MR) is 75.1 cm³/mol. The van der Waals surface area contributed by atoms with Gasteiger partial charge in [-0.3, -0.25) is 9.59 Å². The van der Waals surface area contributed by atoms with Crippen molar-refractivity contribution in [2.45, 2.75) is 12.8 Å². The number of nitrogens with zero attached hydrogens (tertiary/aromatic N) is 4. The molecule has 116 valence electrons. The summed E-state index contributed by atoms with van der Waals surface area (Å²) in [6.07, 6.45) is 1.68. The van der Waals surface area contributed by atoms with Crippen LogP contribution in [0.1, 0.15) is 23.3 Å². The van der Waals surface area contributed by atoms with Crippen molar-refractivity contribution in [3.8, 4) is 5.69 Å². The van der Waals surface area contributed by atoms with Crippen LogP contribution in [0, 0.1) is 5.82 Å². The smallest absolute Gasteiger partial charge is 0.303 e. The van der Waals surface area contributed by atoms with Gasteiger partial charge < -0.3 is 10.0 Å². The van der Waals surface area contributed by atoms with Crippen molar-refractivity contribution in [3.05, 3.63) is 42.0 Å². The molecule has 0 saturated heterocycles. The Morgan fingerprint density at radius 2 is 2.00 bits per heavy atom. The van der Waals surface area contributed by atoms with Crippen LogP contribution in [0.2, 0.25) is 0 Å². The number of halogens is 1. The third kappa shape index (κ3) is 3.87. The average Bonchev–Trinajstić information content (AvgIpc) is 2.96. The van der Waals surface area contributed by atoms with E-state index in [0.717, 1.165) is 0 Å². The van der Waals surface area contributed by atoms with Crippen LogP contribution in [-0.4, -0.2) is 50.5 Å². The summed E-state index contributed by atoms with van der Waals surface area (Å²) >= 11 is 0. The molecule has 0 aliphatic heterocycles. The van der Waals surface area contributed by atoms with Gasteiger partial charge in [-0.05, 0) is 30.7 Å². The number of aliphatic carboxylic acids is 1. The van der Waals surface area contributed by atoms with Crippen molar-refractivity contribution in [3.63, 3.8) is 0 Å². The largest absolute Gasteiger partial charge is 0.481 e. The molecule has 1 N–H and O–H groups in total. The molecule has 8 heteroatoms. The first-order valence-corrected chi connectivity index (χ1v) is 6.63. The summed E-state index contributed by atoms with van der Waals surface area (Å²) in [5, 5.41) is 16.6. The number of hydrogen-bond donors (Lipinski definition) is 1. The molecule has 22 heavy (non-hydrogen) atoms. The topological polar surface area (TPSA) is 88.3 Å². The van der Waals surface area contributed by atoms with Gasteiger partial charge in [0.2, 0.25) is 0 Å². The second-order valence-electron chi connectivity index (χ2n) is 4.72. The lowest BCUT2D eigenvalue weighted by molar-refractivity contribution is -0.137. The molecule has 0 radical (unpaired) electrons. The van der Waals surface area contributed by atoms with Crippen LogP contribution in [0.15, 0.2) is 30.5 Å². The summed E-state index contributed by atoms with van der Waals surface area (Å²) in [5.74, 6) is -1.62. The number of benzene rings is 1. The number of carboxylic acids is 1. The molecule has 1 amide bonds. The van der Waals surface area contributed by atoms with Crippen LogP contribution >= 0.6 is 0 Å². The maximum absolute atomic E-state index is 12.9. The van der Waals surface area contributed by atoms with E-state index in [1.807, 2.05) is 0 Å². The highest BCUT2D eigenvalue weighted by atomic mass is 19.1. The molecule has 0 aliphatic rings. The molecule has 0 bridgehead atoms. The summed E-state index contributed by atoms with van der Waals surface area (Å²) in [6, 6.07) is 5.55. The van der Waals surface area contributed by atoms with E-state index in [9.17, 15) is 14.0 Å². The third-order valence-corrected chi connectivity index (χ3v) is 3.00. The van der Waals surface area contributed by atoms with Gasteiger partial charge in [-0.25, -0.2) is 4.39 Å². The molecule has 7 nitrogen and oxygen atoms in total. The lowest BCUT2D eigenvalue weighted by atomic mass is 10.3. The van der Waals surface area contributed by atoms with Gasteiger partial charge in [0.15, 0.2) is 5.69 Å². The SMILES string of the molecule is CN(CCCC(=O)O)C(=O)c1cnn(-c2ccc(F)cc2)n1. The molecular formula is C14H15FN4O3. The maximum Gasteiger partial charge on any atom is 0.303 e. The molecule has 0 fully saturated rings. The Hall–Kier alpha value is -2.77. The van der Waals surface area contributed by atoms with Crippen molar-refractivity contribution < 1.29 is 19.1 Å². The zero-order valence-corrected chi connectivity index (χ0v) is 11.9. The summed E-state index contributed by atoms with van der Waals surface area (Å²) in [4.78, 5) is 25.2. The van der Waals surface area contributed by atoms with Crippen molar-refractivity contribution in [1.82, 2.24) is 19.9 Å². The Morgan fingerprint density at radius 1 is 1.32 bits per heavy atom. The van der Waals surface area contributed by atoms with E-state index < -0.39 is 5.97 Å². The molecule has 2 rings (SSSR count). The summed E-state index contributed by atoms with van der Waals surface area (Å²) in [5.41, 5.74) is 0.677. The van der Waals surface area contributed by atoms with Crippen molar-refractivity contribution in [2.75, 3.05) is 13.6 Å². The van der Waals surface area contributed by atoms with Gasteiger partial charge in [-0.15, -0.1) is 5.10 Å². The quantitative estimate of drug-likeness (QED) is 0.870. The fraction of sp³-hybridized carbons (Fsp3) is 0.286. The van der Waals surface area contributed by atoms with E-state index in [0.29, 0.717) is 18.7 Å². The van der Waals surface area contributed by atoms with Crippen LogP contribution in [-0.2, 0) is 4.79 Å². The fourth-order valence-electron chi connectivity index (χ4n) is 1.82. The number of carboxylic acid groups (broad SMARTS) is 1. The molecule has 1 aromatic heterocycles. The minimum absolute atomic E-state index is 0.000109. The van der Waals surface area contributed by atoms with Gasteiger partial charge in [0.25, 0.3) is 5.91 Å². The highest BCUT2D eigenvalue weighted by Gasteiger charge is 2.16. The molecular weight excluding hydrogens is 291 g/mol. The van der Waals surface area contributed by atoms with Gasteiger partial charge in [-0.1, -0.05) is 0 Å². The van der Waals surface area contributed by atoms with Crippen LogP contribution in [0.4, 0.5) is 4.39 Å². The minimum atomic E-state index is -0.900. The lowest BCUT2D eigenvalue weighted by Crippen LogP contribution is -2.28.